The number of nitrogens with two attached hydrogens (primary N) is 1. The zero-order valence-corrected chi connectivity index (χ0v) is 12.9. The van der Waals surface area contributed by atoms with Gasteiger partial charge >= 0.3 is 5.97 Å². The van der Waals surface area contributed by atoms with Crippen molar-refractivity contribution >= 4 is 38.5 Å². The molecule has 0 radical (unpaired) electrons. The highest BCUT2D eigenvalue weighted by Gasteiger charge is 2.33. The first kappa shape index (κ1) is 13.5. The van der Waals surface area contributed by atoms with Crippen molar-refractivity contribution in [1.29, 1.82) is 0 Å². The van der Waals surface area contributed by atoms with Crippen LogP contribution in [0.15, 0.2) is 6.07 Å². The van der Waals surface area contributed by atoms with Gasteiger partial charge in [-0.05, 0) is 6.92 Å². The first-order valence-corrected chi connectivity index (χ1v) is 7.56. The Bertz CT molecular complexity index is 708. The third-order valence-corrected chi connectivity index (χ3v) is 4.70. The van der Waals surface area contributed by atoms with Crippen molar-refractivity contribution in [2.45, 2.75) is 12.8 Å². The Morgan fingerprint density at radius 2 is 2.40 bits per heavy atom. The summed E-state index contributed by atoms with van der Waals surface area (Å²) in [4.78, 5) is 15.2. The molecule has 4 N–H and O–H groups in total. The van der Waals surface area contributed by atoms with Gasteiger partial charge in [-0.3, -0.25) is 0 Å². The molecule has 0 amide bonds. The van der Waals surface area contributed by atoms with Crippen molar-refractivity contribution < 1.29 is 20.0 Å². The van der Waals surface area contributed by atoms with Crippen LogP contribution in [0.25, 0.3) is 10.9 Å². The number of aromatic hydroxyl groups is 1. The monoisotopic (exact) mass is 339 g/mol. The molecular weight excluding hydrogens is 324 g/mol. The molecule has 0 unspecified atom stereocenters. The molecule has 3 rings (SSSR count). The molecule has 1 aliphatic rings. The maximum Gasteiger partial charge on any atom is 0.340 e. The van der Waals surface area contributed by atoms with Gasteiger partial charge in [0.25, 0.3) is 0 Å². The molecule has 1 aliphatic heterocycles. The topological polar surface area (TPSA) is 78.9 Å². The average Bonchev–Trinajstić information content (AvgIpc) is 2.98. The summed E-state index contributed by atoms with van der Waals surface area (Å²) in [6.07, 6.45) is 0. The van der Waals surface area contributed by atoms with Crippen molar-refractivity contribution in [3.8, 4) is 5.75 Å². The van der Waals surface area contributed by atoms with Gasteiger partial charge in [-0.1, -0.05) is 15.9 Å². The number of phenols is 1. The number of nitrogens with one attached hydrogen (secondary N) is 1. The Morgan fingerprint density at radius 1 is 1.65 bits per heavy atom. The van der Waals surface area contributed by atoms with Gasteiger partial charge in [-0.25, -0.2) is 4.79 Å². The molecule has 6 heteroatoms. The van der Waals surface area contributed by atoms with Crippen LogP contribution in [0.4, 0.5) is 5.69 Å². The van der Waals surface area contributed by atoms with Gasteiger partial charge in [0.2, 0.25) is 0 Å². The molecule has 0 spiro atoms. The Balaban J connectivity index is 2.41. The van der Waals surface area contributed by atoms with E-state index in [-0.39, 0.29) is 11.7 Å². The summed E-state index contributed by atoms with van der Waals surface area (Å²) in [5, 5.41) is 13.9. The van der Waals surface area contributed by atoms with Crippen LogP contribution in [0.1, 0.15) is 27.5 Å². The number of rotatable bonds is 2. The van der Waals surface area contributed by atoms with Crippen molar-refractivity contribution in [1.82, 2.24) is 4.98 Å². The van der Waals surface area contributed by atoms with Crippen LogP contribution < -0.4 is 5.32 Å². The molecule has 20 heavy (non-hydrogen) atoms. The Kier molecular flexibility index (Phi) is 3.22. The van der Waals surface area contributed by atoms with Gasteiger partial charge < -0.3 is 20.1 Å². The van der Waals surface area contributed by atoms with E-state index in [1.165, 1.54) is 7.11 Å². The molecule has 0 saturated carbocycles. The SMILES string of the molecule is COC(=O)c1c(C)[nH]c2c(O)cc3c(c12)[C@H](CBr)C[NH2+]3. The maximum atomic E-state index is 12.1. The number of aromatic amines is 1. The predicted molar refractivity (Wildman–Crippen MR) is 79.0 cm³/mol. The summed E-state index contributed by atoms with van der Waals surface area (Å²) in [5.41, 5.74) is 3.97. The number of phenolic OH excluding ortho intramolecular Hbond substituents is 1. The lowest BCUT2D eigenvalue weighted by atomic mass is 9.96. The largest absolute Gasteiger partial charge is 0.506 e. The van der Waals surface area contributed by atoms with E-state index in [0.29, 0.717) is 17.0 Å². The second-order valence-corrected chi connectivity index (χ2v) is 5.70. The summed E-state index contributed by atoms with van der Waals surface area (Å²) in [6, 6.07) is 1.76. The van der Waals surface area contributed by atoms with Crippen LogP contribution in [0.2, 0.25) is 0 Å². The Labute approximate surface area is 124 Å². The number of hydrogen-bond acceptors (Lipinski definition) is 3. The van der Waals surface area contributed by atoms with Gasteiger partial charge in [0.05, 0.1) is 24.7 Å². The first-order chi connectivity index (χ1) is 9.58. The number of carbonyl (C=O) groups is 1. The number of hydrogen-bond donors (Lipinski definition) is 3. The minimum absolute atomic E-state index is 0.170. The number of ether oxygens (including phenoxy) is 1. The van der Waals surface area contributed by atoms with Crippen LogP contribution in [-0.4, -0.2) is 35.0 Å². The quantitative estimate of drug-likeness (QED) is 0.442. The van der Waals surface area contributed by atoms with E-state index < -0.39 is 0 Å². The number of aryl methyl sites for hydroxylation is 1. The molecule has 1 aromatic carbocycles. The lowest BCUT2D eigenvalue weighted by Crippen LogP contribution is -2.76. The first-order valence-electron chi connectivity index (χ1n) is 6.44. The van der Waals surface area contributed by atoms with Crippen LogP contribution in [0.5, 0.6) is 5.75 Å². The summed E-state index contributed by atoms with van der Waals surface area (Å²) < 4.78 is 4.89. The van der Waals surface area contributed by atoms with Crippen molar-refractivity contribution in [2.75, 3.05) is 19.0 Å². The number of alkyl halides is 1. The number of H-pyrrole nitrogens is 1. The van der Waals surface area contributed by atoms with E-state index >= 15 is 0 Å². The molecule has 0 fully saturated rings. The average molecular weight is 340 g/mol. The zero-order chi connectivity index (χ0) is 14.4. The van der Waals surface area contributed by atoms with Crippen LogP contribution in [0, 0.1) is 6.92 Å². The van der Waals surface area contributed by atoms with Crippen molar-refractivity contribution in [3.63, 3.8) is 0 Å². The fraction of sp³-hybridized carbons (Fsp3) is 0.357. The maximum absolute atomic E-state index is 12.1. The molecule has 0 saturated heterocycles. The number of fused-ring (bicyclic) bond motifs is 3. The second kappa shape index (κ2) is 4.79. The van der Waals surface area contributed by atoms with E-state index in [1.807, 2.05) is 6.92 Å². The smallest absolute Gasteiger partial charge is 0.340 e. The minimum atomic E-state index is -0.373. The second-order valence-electron chi connectivity index (χ2n) is 5.06. The molecule has 2 aromatic rings. The number of esters is 1. The number of benzene rings is 1. The molecule has 0 aliphatic carbocycles. The van der Waals surface area contributed by atoms with Crippen molar-refractivity contribution in [3.05, 3.63) is 22.9 Å². The van der Waals surface area contributed by atoms with Crippen molar-refractivity contribution in [2.24, 2.45) is 0 Å². The predicted octanol–water partition coefficient (Wildman–Crippen LogP) is 1.66. The van der Waals surface area contributed by atoms with Gasteiger partial charge in [-0.2, -0.15) is 0 Å². The van der Waals surface area contributed by atoms with E-state index in [0.717, 1.165) is 34.2 Å². The summed E-state index contributed by atoms with van der Waals surface area (Å²) in [5.74, 6) is 0.108. The zero-order valence-electron chi connectivity index (χ0n) is 11.3. The van der Waals surface area contributed by atoms with Gasteiger partial charge in [0.15, 0.2) is 0 Å². The third kappa shape index (κ3) is 1.75. The van der Waals surface area contributed by atoms with E-state index in [9.17, 15) is 9.90 Å². The number of methoxy groups -OCH3 is 1. The number of aromatic nitrogens is 1. The van der Waals surface area contributed by atoms with Gasteiger partial charge in [0.1, 0.15) is 11.4 Å². The normalized spacial score (nSPS) is 17.4. The fourth-order valence-corrected chi connectivity index (χ4v) is 3.61. The molecule has 106 valence electrons. The molecular formula is C14H16BrN2O3+. The minimum Gasteiger partial charge on any atom is -0.506 e. The fourth-order valence-electron chi connectivity index (χ4n) is 3.02. The van der Waals surface area contributed by atoms with E-state index in [1.54, 1.807) is 6.07 Å². The van der Waals surface area contributed by atoms with E-state index in [4.69, 9.17) is 4.74 Å². The summed E-state index contributed by atoms with van der Waals surface area (Å²) in [7, 11) is 1.37. The van der Waals surface area contributed by atoms with E-state index in [2.05, 4.69) is 26.2 Å². The molecule has 5 nitrogen and oxygen atoms in total. The molecule has 1 atom stereocenters. The molecule has 0 bridgehead atoms. The standard InChI is InChI=1S/C14H15BrN2O3/c1-6-10(14(19)20-2)12-11-7(4-15)5-16-8(11)3-9(18)13(12)17-6/h3,7,16-18H,4-5H2,1-2H3/p+1/t7-/m1/s1. The summed E-state index contributed by atoms with van der Waals surface area (Å²) in [6.45, 7) is 2.73. The Morgan fingerprint density at radius 3 is 3.05 bits per heavy atom. The lowest BCUT2D eigenvalue weighted by molar-refractivity contribution is -0.563. The number of quaternary nitrogens is 1. The summed E-state index contributed by atoms with van der Waals surface area (Å²) >= 11 is 3.53. The van der Waals surface area contributed by atoms with Gasteiger partial charge in [0, 0.05) is 34.0 Å². The molecule has 2 heterocycles. The lowest BCUT2D eigenvalue weighted by Gasteiger charge is -2.07. The Hall–Kier alpha value is -1.53. The van der Waals surface area contributed by atoms with Crippen LogP contribution in [-0.2, 0) is 4.74 Å². The highest BCUT2D eigenvalue weighted by molar-refractivity contribution is 9.09. The molecule has 1 aromatic heterocycles. The van der Waals surface area contributed by atoms with Crippen LogP contribution in [0.3, 0.4) is 0 Å². The van der Waals surface area contributed by atoms with Gasteiger partial charge in [-0.15, -0.1) is 0 Å². The van der Waals surface area contributed by atoms with Crippen LogP contribution >= 0.6 is 15.9 Å². The third-order valence-electron chi connectivity index (χ3n) is 3.92. The number of halogens is 1. The number of carbonyl (C=O) groups excluding carboxylic acids is 1. The highest BCUT2D eigenvalue weighted by Crippen LogP contribution is 2.41. The highest BCUT2D eigenvalue weighted by atomic mass is 79.9.